The van der Waals surface area contributed by atoms with E-state index in [1.165, 1.54) is 5.69 Å². The van der Waals surface area contributed by atoms with Crippen molar-refractivity contribution in [2.45, 2.75) is 37.6 Å². The van der Waals surface area contributed by atoms with Crippen LogP contribution < -0.4 is 0 Å². The zero-order valence-corrected chi connectivity index (χ0v) is 14.8. The van der Waals surface area contributed by atoms with E-state index in [2.05, 4.69) is 29.9 Å². The molecule has 24 heavy (non-hydrogen) atoms. The fourth-order valence-corrected chi connectivity index (χ4v) is 4.79. The normalized spacial score (nSPS) is 18.5. The molecule has 0 amide bonds. The fourth-order valence-electron chi connectivity index (χ4n) is 3.56. The van der Waals surface area contributed by atoms with Crippen LogP contribution in [0.5, 0.6) is 0 Å². The summed E-state index contributed by atoms with van der Waals surface area (Å²) in [4.78, 5) is 7.11. The van der Waals surface area contributed by atoms with Crippen LogP contribution in [0.3, 0.4) is 0 Å². The van der Waals surface area contributed by atoms with Crippen LogP contribution in [0, 0.1) is 0 Å². The predicted octanol–water partition coefficient (Wildman–Crippen LogP) is 2.05. The number of imidazole rings is 1. The highest BCUT2D eigenvalue weighted by Crippen LogP contribution is 2.30. The average Bonchev–Trinajstić information content (AvgIpc) is 3.03. The van der Waals surface area contributed by atoms with Crippen LogP contribution in [0.4, 0.5) is 0 Å². The number of fused-ring (bicyclic) bond motifs is 2. The molecule has 7 heteroatoms. The number of hydrogen-bond donors (Lipinski definition) is 0. The van der Waals surface area contributed by atoms with Crippen LogP contribution in [0.15, 0.2) is 33.6 Å². The molecule has 2 aliphatic rings. The van der Waals surface area contributed by atoms with Gasteiger partial charge in [-0.25, -0.2) is 4.98 Å². The molecule has 3 heterocycles. The molecule has 126 valence electrons. The SMILES string of the molecule is CC(C)c1nc2c(n1C)CCN(C1=NS(=O)(=O)c3ccccc31)C2. The van der Waals surface area contributed by atoms with Crippen LogP contribution >= 0.6 is 0 Å². The molecule has 0 N–H and O–H groups in total. The molecule has 6 nitrogen and oxygen atoms in total. The van der Waals surface area contributed by atoms with E-state index in [1.807, 2.05) is 17.0 Å². The third-order valence-electron chi connectivity index (χ3n) is 4.72. The zero-order valence-electron chi connectivity index (χ0n) is 14.0. The van der Waals surface area contributed by atoms with Crippen molar-refractivity contribution in [3.8, 4) is 0 Å². The number of benzene rings is 1. The molecule has 0 radical (unpaired) electrons. The van der Waals surface area contributed by atoms with Crippen molar-refractivity contribution >= 4 is 15.9 Å². The van der Waals surface area contributed by atoms with Crippen LogP contribution in [-0.2, 0) is 30.0 Å². The van der Waals surface area contributed by atoms with E-state index in [9.17, 15) is 8.42 Å². The molecular weight excluding hydrogens is 324 g/mol. The Bertz CT molecular complexity index is 957. The standard InChI is InChI=1S/C17H20N4O2S/c1-11(2)16-18-13-10-21(9-8-14(13)20(16)3)17-12-6-4-5-7-15(12)24(22,23)19-17/h4-7,11H,8-10H2,1-3H3. The maximum absolute atomic E-state index is 12.3. The second kappa shape index (κ2) is 5.17. The molecule has 0 saturated heterocycles. The van der Waals surface area contributed by atoms with Crippen molar-refractivity contribution < 1.29 is 8.42 Å². The molecular formula is C17H20N4O2S. The Labute approximate surface area is 141 Å². The second-order valence-corrected chi connectivity index (χ2v) is 8.21. The summed E-state index contributed by atoms with van der Waals surface area (Å²) in [5.41, 5.74) is 2.96. The van der Waals surface area contributed by atoms with Crippen molar-refractivity contribution in [2.24, 2.45) is 11.4 Å². The summed E-state index contributed by atoms with van der Waals surface area (Å²) in [6, 6.07) is 7.03. The van der Waals surface area contributed by atoms with E-state index >= 15 is 0 Å². The van der Waals surface area contributed by atoms with E-state index in [0.29, 0.717) is 28.8 Å². The van der Waals surface area contributed by atoms with Gasteiger partial charge in [0.2, 0.25) is 0 Å². The largest absolute Gasteiger partial charge is 0.349 e. The molecule has 1 aromatic carbocycles. The van der Waals surface area contributed by atoms with Gasteiger partial charge in [0.15, 0.2) is 5.84 Å². The minimum atomic E-state index is -3.58. The van der Waals surface area contributed by atoms with E-state index in [4.69, 9.17) is 4.98 Å². The van der Waals surface area contributed by atoms with Crippen LogP contribution in [0.2, 0.25) is 0 Å². The van der Waals surface area contributed by atoms with Crippen molar-refractivity contribution in [1.82, 2.24) is 14.5 Å². The Morgan fingerprint density at radius 1 is 1.21 bits per heavy atom. The number of hydrogen-bond acceptors (Lipinski definition) is 4. The highest BCUT2D eigenvalue weighted by molar-refractivity contribution is 7.90. The minimum Gasteiger partial charge on any atom is -0.349 e. The summed E-state index contributed by atoms with van der Waals surface area (Å²) < 4.78 is 30.7. The first-order valence-corrected chi connectivity index (χ1v) is 9.56. The van der Waals surface area contributed by atoms with Gasteiger partial charge in [-0.3, -0.25) is 0 Å². The van der Waals surface area contributed by atoms with Gasteiger partial charge in [-0.05, 0) is 12.1 Å². The number of aromatic nitrogens is 2. The van der Waals surface area contributed by atoms with E-state index in [1.54, 1.807) is 12.1 Å². The van der Waals surface area contributed by atoms with Gasteiger partial charge in [0.05, 0.1) is 12.2 Å². The monoisotopic (exact) mass is 344 g/mol. The molecule has 0 bridgehead atoms. The summed E-state index contributed by atoms with van der Waals surface area (Å²) in [6.07, 6.45) is 0.840. The second-order valence-electron chi connectivity index (χ2n) is 6.63. The van der Waals surface area contributed by atoms with Gasteiger partial charge in [0.1, 0.15) is 10.7 Å². The van der Waals surface area contributed by atoms with Gasteiger partial charge >= 0.3 is 0 Å². The van der Waals surface area contributed by atoms with E-state index < -0.39 is 10.0 Å². The van der Waals surface area contributed by atoms with Gasteiger partial charge in [-0.1, -0.05) is 26.0 Å². The molecule has 0 atom stereocenters. The molecule has 0 fully saturated rings. The van der Waals surface area contributed by atoms with Crippen molar-refractivity contribution in [3.05, 3.63) is 47.0 Å². The summed E-state index contributed by atoms with van der Waals surface area (Å²) >= 11 is 0. The third-order valence-corrected chi connectivity index (χ3v) is 6.04. The van der Waals surface area contributed by atoms with Gasteiger partial charge < -0.3 is 9.47 Å². The Balaban J connectivity index is 1.73. The van der Waals surface area contributed by atoms with Gasteiger partial charge in [0, 0.05) is 37.2 Å². The first kappa shape index (κ1) is 15.4. The molecule has 2 aromatic rings. The van der Waals surface area contributed by atoms with Crippen molar-refractivity contribution in [3.63, 3.8) is 0 Å². The third kappa shape index (κ3) is 2.18. The maximum Gasteiger partial charge on any atom is 0.285 e. The number of amidine groups is 1. The molecule has 4 rings (SSSR count). The quantitative estimate of drug-likeness (QED) is 0.794. The van der Waals surface area contributed by atoms with Gasteiger partial charge in [-0.15, -0.1) is 4.40 Å². The summed E-state index contributed by atoms with van der Waals surface area (Å²) in [7, 11) is -1.52. The Morgan fingerprint density at radius 2 is 1.96 bits per heavy atom. The first-order valence-electron chi connectivity index (χ1n) is 8.12. The first-order chi connectivity index (χ1) is 11.4. The van der Waals surface area contributed by atoms with Crippen LogP contribution in [-0.4, -0.2) is 35.2 Å². The summed E-state index contributed by atoms with van der Waals surface area (Å²) in [5, 5.41) is 0. The average molecular weight is 344 g/mol. The molecule has 2 aliphatic heterocycles. The predicted molar refractivity (Wildman–Crippen MR) is 91.6 cm³/mol. The lowest BCUT2D eigenvalue weighted by molar-refractivity contribution is 0.385. The topological polar surface area (TPSA) is 67.6 Å². The molecule has 0 aliphatic carbocycles. The molecule has 1 aromatic heterocycles. The lowest BCUT2D eigenvalue weighted by Crippen LogP contribution is -2.36. The summed E-state index contributed by atoms with van der Waals surface area (Å²) in [5.74, 6) is 1.98. The number of nitrogens with zero attached hydrogens (tertiary/aromatic N) is 4. The number of sulfonamides is 1. The van der Waals surface area contributed by atoms with Crippen LogP contribution in [0.25, 0.3) is 0 Å². The Hall–Kier alpha value is -2.15. The van der Waals surface area contributed by atoms with Crippen molar-refractivity contribution in [2.75, 3.05) is 6.54 Å². The number of rotatable bonds is 1. The van der Waals surface area contributed by atoms with E-state index in [-0.39, 0.29) is 0 Å². The Morgan fingerprint density at radius 3 is 2.71 bits per heavy atom. The highest BCUT2D eigenvalue weighted by Gasteiger charge is 2.34. The van der Waals surface area contributed by atoms with Crippen molar-refractivity contribution in [1.29, 1.82) is 0 Å². The highest BCUT2D eigenvalue weighted by atomic mass is 32.2. The molecule has 0 unspecified atom stereocenters. The van der Waals surface area contributed by atoms with Gasteiger partial charge in [-0.2, -0.15) is 8.42 Å². The molecule has 0 spiro atoms. The summed E-state index contributed by atoms with van der Waals surface area (Å²) in [6.45, 7) is 5.61. The Kier molecular flexibility index (Phi) is 3.32. The smallest absolute Gasteiger partial charge is 0.285 e. The molecule has 0 saturated carbocycles. The lowest BCUT2D eigenvalue weighted by Gasteiger charge is -2.28. The fraction of sp³-hybridized carbons (Fsp3) is 0.412. The van der Waals surface area contributed by atoms with Crippen LogP contribution in [0.1, 0.15) is 42.5 Å². The minimum absolute atomic E-state index is 0.301. The maximum atomic E-state index is 12.3. The lowest BCUT2D eigenvalue weighted by atomic mass is 10.1. The van der Waals surface area contributed by atoms with E-state index in [0.717, 1.165) is 24.5 Å². The zero-order chi connectivity index (χ0) is 17.1. The van der Waals surface area contributed by atoms with Gasteiger partial charge in [0.25, 0.3) is 10.0 Å².